The van der Waals surface area contributed by atoms with E-state index in [2.05, 4.69) is 15.2 Å². The number of halogens is 1. The number of hydrogen-bond donors (Lipinski definition) is 2. The fraction of sp³-hybridized carbons (Fsp3) is 0.700. The summed E-state index contributed by atoms with van der Waals surface area (Å²) >= 11 is 0. The van der Waals surface area contributed by atoms with E-state index in [0.717, 1.165) is 25.2 Å². The summed E-state index contributed by atoms with van der Waals surface area (Å²) in [7, 11) is 1.69. The summed E-state index contributed by atoms with van der Waals surface area (Å²) in [6, 6.07) is 3.24. The van der Waals surface area contributed by atoms with E-state index >= 15 is 0 Å². The summed E-state index contributed by atoms with van der Waals surface area (Å²) in [6.45, 7) is 3.59. The molecule has 0 bridgehead atoms. The number of pyridine rings is 1. The number of aromatic nitrogens is 1. The van der Waals surface area contributed by atoms with Gasteiger partial charge in [-0.2, -0.15) is 0 Å². The molecule has 2 aliphatic rings. The standard InChI is InChI=1S/C20H30FN3O5/c1-13(11-28-6-5-21)22-19(26)17-3-4-18(24-8-16(9-24)27-2)20(23-17)29-12-15-7-14(15)10-25/h3-4,13-16,25H,5-12H2,1-2H3,(H,22,26)/t13-,14+,15+/m0/s1. The zero-order valence-corrected chi connectivity index (χ0v) is 17.0. The minimum Gasteiger partial charge on any atom is -0.476 e. The van der Waals surface area contributed by atoms with Gasteiger partial charge in [-0.15, -0.1) is 0 Å². The van der Waals surface area contributed by atoms with E-state index in [9.17, 15) is 14.3 Å². The van der Waals surface area contributed by atoms with E-state index in [0.29, 0.717) is 18.4 Å². The Labute approximate surface area is 170 Å². The molecule has 2 fully saturated rings. The highest BCUT2D eigenvalue weighted by atomic mass is 19.1. The highest BCUT2D eigenvalue weighted by Gasteiger charge is 2.37. The van der Waals surface area contributed by atoms with Crippen LogP contribution in [0.4, 0.5) is 10.1 Å². The van der Waals surface area contributed by atoms with E-state index in [1.165, 1.54) is 0 Å². The normalized spacial score (nSPS) is 22.1. The van der Waals surface area contributed by atoms with Gasteiger partial charge in [-0.05, 0) is 37.3 Å². The predicted molar refractivity (Wildman–Crippen MR) is 105 cm³/mol. The Bertz CT molecular complexity index is 686. The lowest BCUT2D eigenvalue weighted by atomic mass is 10.1. The topological polar surface area (TPSA) is 93.2 Å². The fourth-order valence-corrected chi connectivity index (χ4v) is 3.27. The van der Waals surface area contributed by atoms with Gasteiger partial charge >= 0.3 is 0 Å². The second-order valence-corrected chi connectivity index (χ2v) is 7.67. The number of nitrogens with zero attached hydrogens (tertiary/aromatic N) is 2. The van der Waals surface area contributed by atoms with Crippen LogP contribution in [0.1, 0.15) is 23.8 Å². The van der Waals surface area contributed by atoms with E-state index in [1.807, 2.05) is 6.07 Å². The Balaban J connectivity index is 1.64. The van der Waals surface area contributed by atoms with Crippen molar-refractivity contribution in [3.8, 4) is 5.88 Å². The number of ether oxygens (including phenoxy) is 3. The number of amides is 1. The molecule has 0 spiro atoms. The van der Waals surface area contributed by atoms with Crippen molar-refractivity contribution in [3.63, 3.8) is 0 Å². The number of anilines is 1. The molecule has 0 unspecified atom stereocenters. The maximum absolute atomic E-state index is 12.5. The first-order valence-electron chi connectivity index (χ1n) is 10.0. The monoisotopic (exact) mass is 411 g/mol. The molecular weight excluding hydrogens is 381 g/mol. The number of rotatable bonds is 12. The van der Waals surface area contributed by atoms with Crippen molar-refractivity contribution in [2.75, 3.05) is 58.2 Å². The minimum atomic E-state index is -0.553. The maximum Gasteiger partial charge on any atom is 0.270 e. The van der Waals surface area contributed by atoms with Crippen molar-refractivity contribution in [1.29, 1.82) is 0 Å². The van der Waals surface area contributed by atoms with Gasteiger partial charge < -0.3 is 29.5 Å². The summed E-state index contributed by atoms with van der Waals surface area (Å²) in [4.78, 5) is 19.1. The zero-order chi connectivity index (χ0) is 20.8. The average Bonchev–Trinajstić information content (AvgIpc) is 3.45. The minimum absolute atomic E-state index is 0.0133. The van der Waals surface area contributed by atoms with Gasteiger partial charge in [-0.1, -0.05) is 0 Å². The quantitative estimate of drug-likeness (QED) is 0.496. The van der Waals surface area contributed by atoms with Gasteiger partial charge in [0.1, 0.15) is 18.1 Å². The van der Waals surface area contributed by atoms with Gasteiger partial charge in [0.25, 0.3) is 5.91 Å². The van der Waals surface area contributed by atoms with E-state index in [-0.39, 0.29) is 49.5 Å². The highest BCUT2D eigenvalue weighted by molar-refractivity contribution is 5.93. The van der Waals surface area contributed by atoms with Gasteiger partial charge in [-0.25, -0.2) is 9.37 Å². The van der Waals surface area contributed by atoms with Crippen molar-refractivity contribution in [3.05, 3.63) is 17.8 Å². The molecule has 1 aliphatic carbocycles. The molecule has 3 rings (SSSR count). The fourth-order valence-electron chi connectivity index (χ4n) is 3.27. The Morgan fingerprint density at radius 3 is 2.86 bits per heavy atom. The molecule has 29 heavy (non-hydrogen) atoms. The molecule has 1 saturated carbocycles. The van der Waals surface area contributed by atoms with Crippen LogP contribution in [0.2, 0.25) is 0 Å². The van der Waals surface area contributed by atoms with Gasteiger partial charge in [-0.3, -0.25) is 4.79 Å². The van der Waals surface area contributed by atoms with E-state index < -0.39 is 6.67 Å². The zero-order valence-electron chi connectivity index (χ0n) is 17.0. The number of nitrogens with one attached hydrogen (secondary N) is 1. The molecule has 1 amide bonds. The third-order valence-electron chi connectivity index (χ3n) is 5.30. The SMILES string of the molecule is COC1CN(c2ccc(C(=O)N[C@@H](C)COCCF)nc2OC[C@H]2C[C@@H]2CO)C1. The Morgan fingerprint density at radius 2 is 2.21 bits per heavy atom. The van der Waals surface area contributed by atoms with Crippen molar-refractivity contribution in [1.82, 2.24) is 10.3 Å². The number of methoxy groups -OCH3 is 1. The van der Waals surface area contributed by atoms with E-state index in [1.54, 1.807) is 20.1 Å². The van der Waals surface area contributed by atoms with Gasteiger partial charge in [0.05, 0.1) is 25.9 Å². The second-order valence-electron chi connectivity index (χ2n) is 7.67. The molecule has 0 radical (unpaired) electrons. The van der Waals surface area contributed by atoms with Crippen LogP contribution >= 0.6 is 0 Å². The van der Waals surface area contributed by atoms with Crippen LogP contribution in [-0.4, -0.2) is 81.4 Å². The van der Waals surface area contributed by atoms with Crippen LogP contribution in [-0.2, 0) is 9.47 Å². The van der Waals surface area contributed by atoms with Gasteiger partial charge in [0.2, 0.25) is 5.88 Å². The van der Waals surface area contributed by atoms with Crippen molar-refractivity contribution < 1.29 is 28.5 Å². The molecule has 3 atom stereocenters. The Kier molecular flexibility index (Phi) is 7.63. The molecular formula is C20H30FN3O5. The average molecular weight is 411 g/mol. The molecule has 2 heterocycles. The van der Waals surface area contributed by atoms with Crippen LogP contribution in [0.25, 0.3) is 0 Å². The van der Waals surface area contributed by atoms with Crippen molar-refractivity contribution in [2.24, 2.45) is 11.8 Å². The van der Waals surface area contributed by atoms with Gasteiger partial charge in [0.15, 0.2) is 0 Å². The first-order valence-corrected chi connectivity index (χ1v) is 10.0. The number of alkyl halides is 1. The highest BCUT2D eigenvalue weighted by Crippen LogP contribution is 2.39. The predicted octanol–water partition coefficient (Wildman–Crippen LogP) is 1.03. The number of aliphatic hydroxyl groups excluding tert-OH is 1. The number of carbonyl (C=O) groups excluding carboxylic acids is 1. The molecule has 0 aromatic carbocycles. The van der Waals surface area contributed by atoms with Crippen LogP contribution < -0.4 is 15.0 Å². The first-order chi connectivity index (χ1) is 14.0. The first kappa shape index (κ1) is 21.7. The van der Waals surface area contributed by atoms with Crippen LogP contribution in [0, 0.1) is 11.8 Å². The Morgan fingerprint density at radius 1 is 1.41 bits per heavy atom. The van der Waals surface area contributed by atoms with E-state index in [4.69, 9.17) is 14.2 Å². The number of hydrogen-bond acceptors (Lipinski definition) is 7. The summed E-state index contributed by atoms with van der Waals surface area (Å²) in [5, 5.41) is 12.0. The van der Waals surface area contributed by atoms with Gasteiger partial charge in [0, 0.05) is 32.8 Å². The summed E-state index contributed by atoms with van der Waals surface area (Å²) < 4.78 is 28.5. The number of aliphatic hydroxyl groups is 1. The Hall–Kier alpha value is -1.97. The molecule has 1 aromatic heterocycles. The smallest absolute Gasteiger partial charge is 0.270 e. The molecule has 8 nitrogen and oxygen atoms in total. The molecule has 1 aliphatic heterocycles. The number of carbonyl (C=O) groups is 1. The summed E-state index contributed by atoms with van der Waals surface area (Å²) in [6.07, 6.45) is 1.12. The molecule has 1 aromatic rings. The van der Waals surface area contributed by atoms with Crippen LogP contribution in [0.3, 0.4) is 0 Å². The third kappa shape index (κ3) is 5.77. The van der Waals surface area contributed by atoms with Crippen LogP contribution in [0.5, 0.6) is 5.88 Å². The summed E-state index contributed by atoms with van der Waals surface area (Å²) in [5.41, 5.74) is 1.08. The van der Waals surface area contributed by atoms with Crippen molar-refractivity contribution >= 4 is 11.6 Å². The van der Waals surface area contributed by atoms with Crippen LogP contribution in [0.15, 0.2) is 12.1 Å². The lowest BCUT2D eigenvalue weighted by molar-refractivity contribution is 0.0781. The van der Waals surface area contributed by atoms with Crippen molar-refractivity contribution in [2.45, 2.75) is 25.5 Å². The molecule has 2 N–H and O–H groups in total. The molecule has 162 valence electrons. The second kappa shape index (κ2) is 10.2. The summed E-state index contributed by atoms with van der Waals surface area (Å²) in [5.74, 6) is 0.688. The molecule has 9 heteroatoms. The third-order valence-corrected chi connectivity index (χ3v) is 5.30. The molecule has 1 saturated heterocycles. The lowest BCUT2D eigenvalue weighted by Gasteiger charge is -2.40. The lowest BCUT2D eigenvalue weighted by Crippen LogP contribution is -2.52. The largest absolute Gasteiger partial charge is 0.476 e. The maximum atomic E-state index is 12.5.